The van der Waals surface area contributed by atoms with Crippen LogP contribution in [0.15, 0.2) is 12.4 Å². The number of nitrogens with zero attached hydrogens (tertiary/aromatic N) is 2. The van der Waals surface area contributed by atoms with Gasteiger partial charge >= 0.3 is 6.18 Å². The molecule has 1 aromatic rings. The van der Waals surface area contributed by atoms with Gasteiger partial charge in [0.05, 0.1) is 18.0 Å². The summed E-state index contributed by atoms with van der Waals surface area (Å²) in [6.45, 7) is 1.75. The minimum Gasteiger partial charge on any atom is -0.272 e. The van der Waals surface area contributed by atoms with Gasteiger partial charge in [0.25, 0.3) is 0 Å². The predicted molar refractivity (Wildman–Crippen MR) is 51.8 cm³/mol. The van der Waals surface area contributed by atoms with E-state index in [1.165, 1.54) is 10.9 Å². The van der Waals surface area contributed by atoms with Crippen molar-refractivity contribution >= 4 is 11.6 Å². The van der Waals surface area contributed by atoms with Crippen molar-refractivity contribution in [1.82, 2.24) is 9.78 Å². The van der Waals surface area contributed by atoms with Gasteiger partial charge in [-0.15, -0.1) is 11.6 Å². The summed E-state index contributed by atoms with van der Waals surface area (Å²) in [5.41, 5.74) is 0.765. The summed E-state index contributed by atoms with van der Waals surface area (Å²) in [5, 5.41) is 3.64. The van der Waals surface area contributed by atoms with E-state index in [0.717, 1.165) is 12.0 Å². The van der Waals surface area contributed by atoms with Crippen LogP contribution in [-0.2, 0) is 6.54 Å². The minimum atomic E-state index is -4.14. The number of rotatable bonds is 4. The maximum atomic E-state index is 11.9. The van der Waals surface area contributed by atoms with E-state index in [1.807, 2.05) is 6.92 Å². The molecule has 1 unspecified atom stereocenters. The Morgan fingerprint density at radius 3 is 2.73 bits per heavy atom. The number of hydrogen-bond acceptors (Lipinski definition) is 1. The van der Waals surface area contributed by atoms with Crippen LogP contribution < -0.4 is 0 Å². The van der Waals surface area contributed by atoms with Crippen LogP contribution in [-0.4, -0.2) is 16.0 Å². The number of aryl methyl sites for hydroxylation is 1. The monoisotopic (exact) mass is 240 g/mol. The molecule has 0 fully saturated rings. The highest BCUT2D eigenvalue weighted by molar-refractivity contribution is 6.20. The lowest BCUT2D eigenvalue weighted by molar-refractivity contribution is -0.137. The highest BCUT2D eigenvalue weighted by atomic mass is 35.5. The van der Waals surface area contributed by atoms with Gasteiger partial charge in [0, 0.05) is 18.3 Å². The highest BCUT2D eigenvalue weighted by Crippen LogP contribution is 2.24. The summed E-state index contributed by atoms with van der Waals surface area (Å²) in [7, 11) is 0. The molecule has 0 aromatic carbocycles. The van der Waals surface area contributed by atoms with Crippen LogP contribution in [0.5, 0.6) is 0 Å². The first-order chi connectivity index (χ1) is 6.92. The summed E-state index contributed by atoms with van der Waals surface area (Å²) < 4.78 is 37.0. The lowest BCUT2D eigenvalue weighted by Crippen LogP contribution is -2.12. The summed E-state index contributed by atoms with van der Waals surface area (Å²) >= 11 is 5.92. The average Bonchev–Trinajstić information content (AvgIpc) is 2.61. The first-order valence-corrected chi connectivity index (χ1v) is 5.09. The quantitative estimate of drug-likeness (QED) is 0.737. The fraction of sp³-hybridized carbons (Fsp3) is 0.667. The SMILES string of the molecule is CCC(Cl)c1cnn(CCC(F)(F)F)c1. The van der Waals surface area contributed by atoms with Crippen molar-refractivity contribution in [2.24, 2.45) is 0 Å². The zero-order valence-corrected chi connectivity index (χ0v) is 9.02. The lowest BCUT2D eigenvalue weighted by atomic mass is 10.2. The summed E-state index contributed by atoms with van der Waals surface area (Å²) in [6, 6.07) is 0. The normalized spacial score (nSPS) is 14.2. The van der Waals surface area contributed by atoms with Crippen molar-refractivity contribution in [3.8, 4) is 0 Å². The van der Waals surface area contributed by atoms with Crippen molar-refractivity contribution in [2.45, 2.75) is 37.9 Å². The van der Waals surface area contributed by atoms with Gasteiger partial charge in [-0.1, -0.05) is 6.92 Å². The smallest absolute Gasteiger partial charge is 0.272 e. The molecule has 0 saturated heterocycles. The van der Waals surface area contributed by atoms with Gasteiger partial charge in [-0.2, -0.15) is 18.3 Å². The Balaban J connectivity index is 2.53. The van der Waals surface area contributed by atoms with Crippen LogP contribution in [0.2, 0.25) is 0 Å². The Morgan fingerprint density at radius 2 is 2.20 bits per heavy atom. The Morgan fingerprint density at radius 1 is 1.53 bits per heavy atom. The molecule has 2 nitrogen and oxygen atoms in total. The van der Waals surface area contributed by atoms with Gasteiger partial charge in [0.2, 0.25) is 0 Å². The first kappa shape index (κ1) is 12.4. The Hall–Kier alpha value is -0.710. The van der Waals surface area contributed by atoms with Crippen LogP contribution in [0.1, 0.15) is 30.7 Å². The van der Waals surface area contributed by atoms with E-state index in [0.29, 0.717) is 0 Å². The van der Waals surface area contributed by atoms with E-state index in [9.17, 15) is 13.2 Å². The maximum absolute atomic E-state index is 11.9. The van der Waals surface area contributed by atoms with Crippen molar-refractivity contribution in [2.75, 3.05) is 0 Å². The summed E-state index contributed by atoms with van der Waals surface area (Å²) in [5.74, 6) is 0. The van der Waals surface area contributed by atoms with Crippen molar-refractivity contribution in [3.05, 3.63) is 18.0 Å². The zero-order chi connectivity index (χ0) is 11.5. The molecule has 1 aromatic heterocycles. The van der Waals surface area contributed by atoms with E-state index in [-0.39, 0.29) is 11.9 Å². The maximum Gasteiger partial charge on any atom is 0.390 e. The molecule has 0 amide bonds. The third kappa shape index (κ3) is 4.11. The van der Waals surface area contributed by atoms with E-state index >= 15 is 0 Å². The molecule has 0 saturated carbocycles. The van der Waals surface area contributed by atoms with Crippen molar-refractivity contribution < 1.29 is 13.2 Å². The molecule has 0 aliphatic rings. The van der Waals surface area contributed by atoms with Gasteiger partial charge in [0.1, 0.15) is 0 Å². The molecule has 6 heteroatoms. The number of hydrogen-bond donors (Lipinski definition) is 0. The Kier molecular flexibility index (Phi) is 4.02. The molecular formula is C9H12ClF3N2. The van der Waals surface area contributed by atoms with Gasteiger partial charge < -0.3 is 0 Å². The van der Waals surface area contributed by atoms with Crippen molar-refractivity contribution in [1.29, 1.82) is 0 Å². The number of halogens is 4. The van der Waals surface area contributed by atoms with Gasteiger partial charge in [0.15, 0.2) is 0 Å². The molecule has 1 heterocycles. The molecule has 86 valence electrons. The molecule has 0 bridgehead atoms. The standard InChI is InChI=1S/C9H12ClF3N2/c1-2-8(10)7-5-14-15(6-7)4-3-9(11,12)13/h5-6,8H,2-4H2,1H3. The molecule has 0 N–H and O–H groups in total. The van der Waals surface area contributed by atoms with Crippen molar-refractivity contribution in [3.63, 3.8) is 0 Å². The predicted octanol–water partition coefficient (Wildman–Crippen LogP) is 3.53. The van der Waals surface area contributed by atoms with Gasteiger partial charge in [-0.3, -0.25) is 4.68 Å². The van der Waals surface area contributed by atoms with Gasteiger partial charge in [-0.25, -0.2) is 0 Å². The molecule has 0 radical (unpaired) electrons. The molecule has 15 heavy (non-hydrogen) atoms. The average molecular weight is 241 g/mol. The third-order valence-electron chi connectivity index (χ3n) is 2.00. The Labute approximate surface area is 91.0 Å². The largest absolute Gasteiger partial charge is 0.390 e. The molecule has 0 aliphatic heterocycles. The van der Waals surface area contributed by atoms with Crippen LogP contribution in [0.25, 0.3) is 0 Å². The van der Waals surface area contributed by atoms with Crippen LogP contribution in [0.4, 0.5) is 13.2 Å². The van der Waals surface area contributed by atoms with Crippen LogP contribution in [0.3, 0.4) is 0 Å². The molecular weight excluding hydrogens is 229 g/mol. The number of alkyl halides is 4. The van der Waals surface area contributed by atoms with Crippen LogP contribution in [0, 0.1) is 0 Å². The molecule has 1 rings (SSSR count). The topological polar surface area (TPSA) is 17.8 Å². The molecule has 1 atom stereocenters. The summed E-state index contributed by atoms with van der Waals surface area (Å²) in [4.78, 5) is 0. The fourth-order valence-electron chi connectivity index (χ4n) is 1.14. The second kappa shape index (κ2) is 4.88. The van der Waals surface area contributed by atoms with E-state index in [1.54, 1.807) is 6.20 Å². The third-order valence-corrected chi connectivity index (χ3v) is 2.56. The Bertz CT molecular complexity index is 309. The van der Waals surface area contributed by atoms with Crippen LogP contribution >= 0.6 is 11.6 Å². The first-order valence-electron chi connectivity index (χ1n) is 4.65. The molecule has 0 spiro atoms. The number of aromatic nitrogens is 2. The second-order valence-corrected chi connectivity index (χ2v) is 3.80. The highest BCUT2D eigenvalue weighted by Gasteiger charge is 2.26. The second-order valence-electron chi connectivity index (χ2n) is 3.28. The van der Waals surface area contributed by atoms with E-state index in [4.69, 9.17) is 11.6 Å². The fourth-order valence-corrected chi connectivity index (χ4v) is 1.25. The lowest BCUT2D eigenvalue weighted by Gasteiger charge is -2.05. The van der Waals surface area contributed by atoms with Gasteiger partial charge in [-0.05, 0) is 6.42 Å². The van der Waals surface area contributed by atoms with E-state index in [2.05, 4.69) is 5.10 Å². The minimum absolute atomic E-state index is 0.156. The molecule has 0 aliphatic carbocycles. The zero-order valence-electron chi connectivity index (χ0n) is 8.26. The van der Waals surface area contributed by atoms with E-state index < -0.39 is 12.6 Å². The summed E-state index contributed by atoms with van der Waals surface area (Å²) in [6.07, 6.45) is -1.21.